The number of furan rings is 1. The average Bonchev–Trinajstić information content (AvgIpc) is 3.46. The lowest BCUT2D eigenvalue weighted by Gasteiger charge is -2.21. The van der Waals surface area contributed by atoms with Crippen LogP contribution in [0, 0.1) is 0 Å². The zero-order valence-corrected chi connectivity index (χ0v) is 19.1. The third-order valence-corrected chi connectivity index (χ3v) is 5.53. The van der Waals surface area contributed by atoms with E-state index in [1.807, 2.05) is 41.3 Å². The van der Waals surface area contributed by atoms with Crippen molar-refractivity contribution in [3.05, 3.63) is 82.8 Å². The zero-order valence-electron chi connectivity index (χ0n) is 18.3. The Labute approximate surface area is 197 Å². The lowest BCUT2D eigenvalue weighted by Crippen LogP contribution is -2.32. The van der Waals surface area contributed by atoms with E-state index in [0.29, 0.717) is 41.2 Å². The number of nitrogens with zero attached hydrogens (tertiary/aromatic N) is 1. The Hall–Kier alpha value is -3.29. The summed E-state index contributed by atoms with van der Waals surface area (Å²) >= 11 is 6.07. The van der Waals surface area contributed by atoms with E-state index in [-0.39, 0.29) is 18.4 Å². The molecule has 7 nitrogen and oxygen atoms in total. The third-order valence-electron chi connectivity index (χ3n) is 5.30. The van der Waals surface area contributed by atoms with Crippen molar-refractivity contribution in [2.75, 3.05) is 19.0 Å². The fourth-order valence-corrected chi connectivity index (χ4v) is 3.65. The lowest BCUT2D eigenvalue weighted by molar-refractivity contribution is -0.117. The number of carbonyl (C=O) groups excluding carboxylic acids is 2. The van der Waals surface area contributed by atoms with Gasteiger partial charge in [0.05, 0.1) is 32.1 Å². The molecule has 2 aromatic carbocycles. The molecule has 1 aliphatic rings. The van der Waals surface area contributed by atoms with E-state index in [4.69, 9.17) is 20.8 Å². The Morgan fingerprint density at radius 1 is 1.12 bits per heavy atom. The second-order valence-corrected chi connectivity index (χ2v) is 8.50. The van der Waals surface area contributed by atoms with Gasteiger partial charge in [-0.05, 0) is 60.9 Å². The van der Waals surface area contributed by atoms with Crippen LogP contribution in [0.2, 0.25) is 5.02 Å². The van der Waals surface area contributed by atoms with Gasteiger partial charge in [0, 0.05) is 23.2 Å². The molecule has 3 aromatic rings. The SMILES string of the molecule is COc1ccc(Cl)cc1NC(=O)CN(Cc1ccc(C(=O)NC2CC2)cc1)Cc1ccco1. The molecule has 0 atom stereocenters. The smallest absolute Gasteiger partial charge is 0.251 e. The number of anilines is 1. The molecule has 0 unspecified atom stereocenters. The van der Waals surface area contributed by atoms with Crippen LogP contribution in [0.1, 0.15) is 34.5 Å². The molecule has 1 aliphatic carbocycles. The Kier molecular flexibility index (Phi) is 7.32. The van der Waals surface area contributed by atoms with Crippen LogP contribution in [0.25, 0.3) is 0 Å². The maximum absolute atomic E-state index is 12.8. The summed E-state index contributed by atoms with van der Waals surface area (Å²) in [6.45, 7) is 1.09. The van der Waals surface area contributed by atoms with Crippen molar-refractivity contribution in [1.29, 1.82) is 0 Å². The highest BCUT2D eigenvalue weighted by atomic mass is 35.5. The summed E-state index contributed by atoms with van der Waals surface area (Å²) in [6.07, 6.45) is 3.71. The molecule has 4 rings (SSSR count). The van der Waals surface area contributed by atoms with Crippen molar-refractivity contribution in [3.8, 4) is 5.75 Å². The number of halogens is 1. The predicted molar refractivity (Wildman–Crippen MR) is 126 cm³/mol. The average molecular weight is 468 g/mol. The Morgan fingerprint density at radius 3 is 2.58 bits per heavy atom. The molecule has 0 bridgehead atoms. The van der Waals surface area contributed by atoms with Crippen LogP contribution in [-0.4, -0.2) is 36.4 Å². The molecule has 8 heteroatoms. The van der Waals surface area contributed by atoms with E-state index in [2.05, 4.69) is 10.6 Å². The summed E-state index contributed by atoms with van der Waals surface area (Å²) in [7, 11) is 1.54. The van der Waals surface area contributed by atoms with Crippen LogP contribution < -0.4 is 15.4 Å². The van der Waals surface area contributed by atoms with Crippen LogP contribution in [0.5, 0.6) is 5.75 Å². The van der Waals surface area contributed by atoms with Crippen LogP contribution in [0.3, 0.4) is 0 Å². The van der Waals surface area contributed by atoms with Gasteiger partial charge in [-0.2, -0.15) is 0 Å². The van der Waals surface area contributed by atoms with Crippen molar-refractivity contribution in [1.82, 2.24) is 10.2 Å². The minimum Gasteiger partial charge on any atom is -0.495 e. The predicted octanol–water partition coefficient (Wildman–Crippen LogP) is 4.47. The van der Waals surface area contributed by atoms with Gasteiger partial charge in [-0.1, -0.05) is 23.7 Å². The molecule has 0 saturated heterocycles. The van der Waals surface area contributed by atoms with Crippen LogP contribution >= 0.6 is 11.6 Å². The molecule has 2 amide bonds. The molecule has 1 saturated carbocycles. The van der Waals surface area contributed by atoms with Gasteiger partial charge in [0.2, 0.25) is 5.91 Å². The lowest BCUT2D eigenvalue weighted by atomic mass is 10.1. The van der Waals surface area contributed by atoms with Crippen molar-refractivity contribution in [2.45, 2.75) is 32.0 Å². The largest absolute Gasteiger partial charge is 0.495 e. The summed E-state index contributed by atoms with van der Waals surface area (Å²) in [4.78, 5) is 27.0. The van der Waals surface area contributed by atoms with E-state index in [1.54, 1.807) is 24.5 Å². The van der Waals surface area contributed by atoms with Crippen molar-refractivity contribution in [2.24, 2.45) is 0 Å². The molecule has 0 aliphatic heterocycles. The van der Waals surface area contributed by atoms with Gasteiger partial charge in [-0.3, -0.25) is 14.5 Å². The number of nitrogens with one attached hydrogen (secondary N) is 2. The number of ether oxygens (including phenoxy) is 1. The third kappa shape index (κ3) is 6.60. The number of amides is 2. The molecule has 1 aromatic heterocycles. The topological polar surface area (TPSA) is 83.8 Å². The van der Waals surface area contributed by atoms with Gasteiger partial charge >= 0.3 is 0 Å². The maximum Gasteiger partial charge on any atom is 0.251 e. The van der Waals surface area contributed by atoms with E-state index >= 15 is 0 Å². The summed E-state index contributed by atoms with van der Waals surface area (Å²) in [6, 6.07) is 16.5. The quantitative estimate of drug-likeness (QED) is 0.459. The highest BCUT2D eigenvalue weighted by molar-refractivity contribution is 6.31. The first kappa shape index (κ1) is 22.9. The Bertz CT molecular complexity index is 1100. The molecule has 33 heavy (non-hydrogen) atoms. The van der Waals surface area contributed by atoms with Crippen molar-refractivity contribution >= 4 is 29.1 Å². The monoisotopic (exact) mass is 467 g/mol. The van der Waals surface area contributed by atoms with Crippen LogP contribution in [0.4, 0.5) is 5.69 Å². The molecule has 172 valence electrons. The minimum atomic E-state index is -0.206. The number of methoxy groups -OCH3 is 1. The summed E-state index contributed by atoms with van der Waals surface area (Å²) in [5.74, 6) is 1.03. The number of hydrogen-bond acceptors (Lipinski definition) is 5. The molecule has 1 fully saturated rings. The number of rotatable bonds is 10. The van der Waals surface area contributed by atoms with E-state index in [1.165, 1.54) is 7.11 Å². The highest BCUT2D eigenvalue weighted by Gasteiger charge is 2.23. The maximum atomic E-state index is 12.8. The first-order valence-electron chi connectivity index (χ1n) is 10.8. The van der Waals surface area contributed by atoms with Gasteiger partial charge in [0.25, 0.3) is 5.91 Å². The molecule has 0 spiro atoms. The molecular weight excluding hydrogens is 442 g/mol. The van der Waals surface area contributed by atoms with Crippen LogP contribution in [0.15, 0.2) is 65.3 Å². The fraction of sp³-hybridized carbons (Fsp3) is 0.280. The van der Waals surface area contributed by atoms with Crippen LogP contribution in [-0.2, 0) is 17.9 Å². The second-order valence-electron chi connectivity index (χ2n) is 8.06. The van der Waals surface area contributed by atoms with E-state index in [0.717, 1.165) is 24.2 Å². The number of hydrogen-bond donors (Lipinski definition) is 2. The van der Waals surface area contributed by atoms with Crippen molar-refractivity contribution in [3.63, 3.8) is 0 Å². The summed E-state index contributed by atoms with van der Waals surface area (Å²) in [5.41, 5.74) is 2.13. The van der Waals surface area contributed by atoms with Gasteiger partial charge in [-0.25, -0.2) is 0 Å². The standard InChI is InChI=1S/C25H26ClN3O4/c1-32-23-11-8-19(26)13-22(23)28-24(30)16-29(15-21-3-2-12-33-21)14-17-4-6-18(7-5-17)25(31)27-20-9-10-20/h2-8,11-13,20H,9-10,14-16H2,1H3,(H,27,31)(H,28,30). The Balaban J connectivity index is 1.43. The zero-order chi connectivity index (χ0) is 23.2. The summed E-state index contributed by atoms with van der Waals surface area (Å²) < 4.78 is 10.8. The second kappa shape index (κ2) is 10.6. The number of carbonyl (C=O) groups is 2. The van der Waals surface area contributed by atoms with Gasteiger partial charge in [0.1, 0.15) is 11.5 Å². The van der Waals surface area contributed by atoms with E-state index in [9.17, 15) is 9.59 Å². The fourth-order valence-electron chi connectivity index (χ4n) is 3.48. The molecule has 2 N–H and O–H groups in total. The highest BCUT2D eigenvalue weighted by Crippen LogP contribution is 2.27. The van der Waals surface area contributed by atoms with E-state index < -0.39 is 0 Å². The number of benzene rings is 2. The summed E-state index contributed by atoms with van der Waals surface area (Å²) in [5, 5.41) is 6.37. The first-order chi connectivity index (χ1) is 16.0. The van der Waals surface area contributed by atoms with Gasteiger partial charge < -0.3 is 19.8 Å². The minimum absolute atomic E-state index is 0.0497. The normalized spacial score (nSPS) is 13.1. The van der Waals surface area contributed by atoms with Gasteiger partial charge in [0.15, 0.2) is 0 Å². The van der Waals surface area contributed by atoms with Gasteiger partial charge in [-0.15, -0.1) is 0 Å². The Morgan fingerprint density at radius 2 is 1.91 bits per heavy atom. The molecule has 0 radical (unpaired) electrons. The van der Waals surface area contributed by atoms with Crippen molar-refractivity contribution < 1.29 is 18.7 Å². The first-order valence-corrected chi connectivity index (χ1v) is 11.2. The molecule has 1 heterocycles. The molecular formula is C25H26ClN3O4.